The van der Waals surface area contributed by atoms with Gasteiger partial charge < -0.3 is 4.74 Å². The van der Waals surface area contributed by atoms with E-state index in [1.165, 1.54) is 6.92 Å². The second-order valence-corrected chi connectivity index (χ2v) is 1.83. The number of ether oxygens (including phenoxy) is 1. The molecule has 1 atom stereocenters. The summed E-state index contributed by atoms with van der Waals surface area (Å²) < 4.78 is 4.76. The normalized spacial score (nSPS) is 10.3. The van der Waals surface area contributed by atoms with Gasteiger partial charge >= 0.3 is 5.97 Å². The van der Waals surface area contributed by atoms with E-state index in [0.717, 1.165) is 6.42 Å². The molecule has 0 fully saturated rings. The average Bonchev–Trinajstić information content (AvgIpc) is 1.65. The molecule has 0 saturated carbocycles. The van der Waals surface area contributed by atoms with Crippen LogP contribution in [0.2, 0.25) is 0 Å². The van der Waals surface area contributed by atoms with Crippen LogP contribution in [0.3, 0.4) is 0 Å². The Morgan fingerprint density at radius 3 is 2.00 bits per heavy atom. The van der Waals surface area contributed by atoms with Crippen molar-refractivity contribution in [2.75, 3.05) is 0 Å². The first-order chi connectivity index (χ1) is 3.66. The number of hydrogen-bond donors (Lipinski definition) is 0. The van der Waals surface area contributed by atoms with E-state index < -0.39 is 0 Å². The fourth-order valence-corrected chi connectivity index (χ4v) is 0.367. The Kier molecular flexibility index (Phi) is 13.7. The third-order valence-electron chi connectivity index (χ3n) is 0.942. The quantitative estimate of drug-likeness (QED) is 0.563. The summed E-state index contributed by atoms with van der Waals surface area (Å²) in [6, 6.07) is 0. The summed E-state index contributed by atoms with van der Waals surface area (Å²) in [7, 11) is 0. The van der Waals surface area contributed by atoms with Gasteiger partial charge in [-0.2, -0.15) is 0 Å². The molecule has 0 aliphatic carbocycles. The maximum atomic E-state index is 10.2. The first kappa shape index (κ1) is 16.2. The predicted molar refractivity (Wildman–Crippen MR) is 45.0 cm³/mol. The first-order valence-corrected chi connectivity index (χ1v) is 2.84. The van der Waals surface area contributed by atoms with Gasteiger partial charge in [-0.05, 0) is 13.3 Å². The molecule has 10 heavy (non-hydrogen) atoms. The largest absolute Gasteiger partial charge is 0.463 e. The van der Waals surface area contributed by atoms with E-state index >= 15 is 0 Å². The summed E-state index contributed by atoms with van der Waals surface area (Å²) in [5.74, 6) is -0.195. The molecule has 0 rings (SSSR count). The zero-order chi connectivity index (χ0) is 6.57. The van der Waals surface area contributed by atoms with Gasteiger partial charge in [0.25, 0.3) is 0 Å². The number of rotatable bonds is 2. The number of carbonyl (C=O) groups is 1. The Labute approximate surface area is 64.6 Å². The zero-order valence-corrected chi connectivity index (χ0v) is 5.60. The fourth-order valence-electron chi connectivity index (χ4n) is 0.367. The van der Waals surface area contributed by atoms with E-state index in [1.807, 2.05) is 13.8 Å². The molecule has 0 aromatic rings. The van der Waals surface area contributed by atoms with E-state index in [0.29, 0.717) is 0 Å². The SMILES string of the molecule is C.C.CCC(C)OC(C)=O. The Morgan fingerprint density at radius 1 is 1.50 bits per heavy atom. The Hall–Kier alpha value is -0.530. The molecule has 0 radical (unpaired) electrons. The van der Waals surface area contributed by atoms with Crippen molar-refractivity contribution in [1.29, 1.82) is 0 Å². The molecule has 0 heterocycles. The van der Waals surface area contributed by atoms with Crippen LogP contribution >= 0.6 is 0 Å². The highest BCUT2D eigenvalue weighted by Crippen LogP contribution is 1.94. The van der Waals surface area contributed by atoms with Crippen LogP contribution in [0.5, 0.6) is 0 Å². The summed E-state index contributed by atoms with van der Waals surface area (Å²) in [6.07, 6.45) is 0.965. The summed E-state index contributed by atoms with van der Waals surface area (Å²) in [5, 5.41) is 0. The standard InChI is InChI=1S/C6H12O2.2CH4/c1-4-5(2)8-6(3)7;;/h5H,4H2,1-3H3;2*1H4. The van der Waals surface area contributed by atoms with Gasteiger partial charge in [0.05, 0.1) is 6.10 Å². The second kappa shape index (κ2) is 8.47. The van der Waals surface area contributed by atoms with Gasteiger partial charge in [0.15, 0.2) is 0 Å². The number of esters is 1. The smallest absolute Gasteiger partial charge is 0.302 e. The topological polar surface area (TPSA) is 26.3 Å². The highest BCUT2D eigenvalue weighted by Gasteiger charge is 1.99. The molecule has 0 bridgehead atoms. The van der Waals surface area contributed by atoms with E-state index in [4.69, 9.17) is 4.74 Å². The summed E-state index contributed by atoms with van der Waals surface area (Å²) in [6.45, 7) is 5.28. The zero-order valence-electron chi connectivity index (χ0n) is 5.60. The molecule has 0 saturated heterocycles. The maximum Gasteiger partial charge on any atom is 0.302 e. The molecule has 0 N–H and O–H groups in total. The molecule has 0 aromatic carbocycles. The lowest BCUT2D eigenvalue weighted by atomic mass is 10.3. The number of carbonyl (C=O) groups excluding carboxylic acids is 1. The van der Waals surface area contributed by atoms with Gasteiger partial charge in [0.1, 0.15) is 0 Å². The van der Waals surface area contributed by atoms with Gasteiger partial charge in [0.2, 0.25) is 0 Å². The van der Waals surface area contributed by atoms with E-state index in [1.54, 1.807) is 0 Å². The van der Waals surface area contributed by atoms with Crippen molar-refractivity contribution >= 4 is 5.97 Å². The predicted octanol–water partition coefficient (Wildman–Crippen LogP) is 2.62. The van der Waals surface area contributed by atoms with Crippen molar-refractivity contribution in [1.82, 2.24) is 0 Å². The monoisotopic (exact) mass is 148 g/mol. The lowest BCUT2D eigenvalue weighted by molar-refractivity contribution is -0.145. The highest BCUT2D eigenvalue weighted by molar-refractivity contribution is 5.66. The first-order valence-electron chi connectivity index (χ1n) is 2.84. The van der Waals surface area contributed by atoms with Crippen LogP contribution in [0.25, 0.3) is 0 Å². The molecule has 1 unspecified atom stereocenters. The summed E-state index contributed by atoms with van der Waals surface area (Å²) >= 11 is 0. The van der Waals surface area contributed by atoms with Crippen LogP contribution in [0.15, 0.2) is 0 Å². The summed E-state index contributed by atoms with van der Waals surface area (Å²) in [5.41, 5.74) is 0. The van der Waals surface area contributed by atoms with E-state index in [-0.39, 0.29) is 26.9 Å². The molecule has 64 valence electrons. The van der Waals surface area contributed by atoms with Crippen molar-refractivity contribution in [2.45, 2.75) is 48.1 Å². The molecule has 0 spiro atoms. The third kappa shape index (κ3) is 10.5. The molecule has 0 aromatic heterocycles. The Morgan fingerprint density at radius 2 is 1.90 bits per heavy atom. The maximum absolute atomic E-state index is 10.2. The van der Waals surface area contributed by atoms with Crippen LogP contribution in [0.1, 0.15) is 42.0 Å². The second-order valence-electron chi connectivity index (χ2n) is 1.83. The molecule has 2 nitrogen and oxygen atoms in total. The minimum atomic E-state index is -0.195. The molecular formula is C8H20O2. The lowest BCUT2D eigenvalue weighted by Crippen LogP contribution is -2.09. The molecule has 0 aliphatic rings. The van der Waals surface area contributed by atoms with Gasteiger partial charge in [-0.15, -0.1) is 0 Å². The Balaban J connectivity index is -0.000000245. The van der Waals surface area contributed by atoms with Crippen molar-refractivity contribution in [3.05, 3.63) is 0 Å². The Bertz CT molecular complexity index is 79.3. The van der Waals surface area contributed by atoms with Gasteiger partial charge in [-0.25, -0.2) is 0 Å². The fraction of sp³-hybridized carbons (Fsp3) is 0.875. The number of hydrogen-bond acceptors (Lipinski definition) is 2. The molecular weight excluding hydrogens is 128 g/mol. The molecule has 0 aliphatic heterocycles. The minimum Gasteiger partial charge on any atom is -0.463 e. The van der Waals surface area contributed by atoms with Crippen molar-refractivity contribution in [2.24, 2.45) is 0 Å². The highest BCUT2D eigenvalue weighted by atomic mass is 16.5. The minimum absolute atomic E-state index is 0. The van der Waals surface area contributed by atoms with Gasteiger partial charge in [0, 0.05) is 6.92 Å². The van der Waals surface area contributed by atoms with Crippen LogP contribution in [0, 0.1) is 0 Å². The van der Waals surface area contributed by atoms with Crippen LogP contribution in [-0.4, -0.2) is 12.1 Å². The van der Waals surface area contributed by atoms with Crippen molar-refractivity contribution < 1.29 is 9.53 Å². The van der Waals surface area contributed by atoms with Gasteiger partial charge in [-0.1, -0.05) is 21.8 Å². The average molecular weight is 148 g/mol. The molecule has 2 heteroatoms. The van der Waals surface area contributed by atoms with Crippen molar-refractivity contribution in [3.63, 3.8) is 0 Å². The van der Waals surface area contributed by atoms with Crippen LogP contribution in [-0.2, 0) is 9.53 Å². The van der Waals surface area contributed by atoms with E-state index in [9.17, 15) is 4.79 Å². The van der Waals surface area contributed by atoms with Crippen LogP contribution < -0.4 is 0 Å². The lowest BCUT2D eigenvalue weighted by Gasteiger charge is -2.06. The van der Waals surface area contributed by atoms with Crippen molar-refractivity contribution in [3.8, 4) is 0 Å². The molecule has 0 amide bonds. The van der Waals surface area contributed by atoms with Crippen LogP contribution in [0.4, 0.5) is 0 Å². The van der Waals surface area contributed by atoms with Gasteiger partial charge in [-0.3, -0.25) is 4.79 Å². The summed E-state index contributed by atoms with van der Waals surface area (Å²) in [4.78, 5) is 10.2. The third-order valence-corrected chi connectivity index (χ3v) is 0.942. The van der Waals surface area contributed by atoms with E-state index in [2.05, 4.69) is 0 Å².